The monoisotopic (exact) mass is 300 g/mol. The van der Waals surface area contributed by atoms with E-state index < -0.39 is 0 Å². The van der Waals surface area contributed by atoms with Crippen molar-refractivity contribution in [1.29, 1.82) is 0 Å². The molecule has 4 heteroatoms. The molecule has 1 aromatic carbocycles. The highest BCUT2D eigenvalue weighted by Gasteiger charge is 2.36. The molecule has 0 aromatic heterocycles. The average Bonchev–Trinajstić information content (AvgIpc) is 2.85. The highest BCUT2D eigenvalue weighted by atomic mass is 16.2. The van der Waals surface area contributed by atoms with Crippen molar-refractivity contribution < 1.29 is 9.59 Å². The first-order valence-electron chi connectivity index (χ1n) is 8.14. The standard InChI is InChI=1S/C18H24N2O2/c1-12(21)14-5-3-13(4-6-14)9-18(22)20(2)17-10-15-7-8-16(11-17)19-15/h3-6,15-17,19H,7-11H2,1-2H3. The van der Waals surface area contributed by atoms with Crippen LogP contribution in [0.2, 0.25) is 0 Å². The number of rotatable bonds is 4. The summed E-state index contributed by atoms with van der Waals surface area (Å²) in [6.45, 7) is 1.55. The molecule has 0 aliphatic carbocycles. The molecule has 0 radical (unpaired) electrons. The molecule has 2 atom stereocenters. The van der Waals surface area contributed by atoms with E-state index in [2.05, 4.69) is 5.32 Å². The van der Waals surface area contributed by atoms with Crippen molar-refractivity contribution in [2.75, 3.05) is 7.05 Å². The van der Waals surface area contributed by atoms with Gasteiger partial charge in [0.1, 0.15) is 0 Å². The van der Waals surface area contributed by atoms with Gasteiger partial charge in [-0.25, -0.2) is 0 Å². The smallest absolute Gasteiger partial charge is 0.226 e. The van der Waals surface area contributed by atoms with Gasteiger partial charge in [-0.15, -0.1) is 0 Å². The molecule has 1 N–H and O–H groups in total. The molecule has 1 aromatic rings. The predicted molar refractivity (Wildman–Crippen MR) is 85.9 cm³/mol. The molecule has 3 rings (SSSR count). The van der Waals surface area contributed by atoms with E-state index in [-0.39, 0.29) is 11.7 Å². The number of hydrogen-bond donors (Lipinski definition) is 1. The maximum atomic E-state index is 12.5. The van der Waals surface area contributed by atoms with Crippen molar-refractivity contribution in [3.8, 4) is 0 Å². The number of ketones is 1. The van der Waals surface area contributed by atoms with E-state index in [9.17, 15) is 9.59 Å². The van der Waals surface area contributed by atoms with Crippen LogP contribution in [0.25, 0.3) is 0 Å². The first-order valence-corrected chi connectivity index (χ1v) is 8.14. The maximum Gasteiger partial charge on any atom is 0.226 e. The molecule has 0 saturated carbocycles. The lowest BCUT2D eigenvalue weighted by atomic mass is 9.98. The zero-order valence-corrected chi connectivity index (χ0v) is 13.3. The lowest BCUT2D eigenvalue weighted by Gasteiger charge is -2.35. The number of hydrogen-bond acceptors (Lipinski definition) is 3. The average molecular weight is 300 g/mol. The highest BCUT2D eigenvalue weighted by Crippen LogP contribution is 2.29. The number of benzene rings is 1. The molecule has 2 fully saturated rings. The van der Waals surface area contributed by atoms with Gasteiger partial charge in [0, 0.05) is 30.7 Å². The fourth-order valence-electron chi connectivity index (χ4n) is 3.70. The summed E-state index contributed by atoms with van der Waals surface area (Å²) in [6.07, 6.45) is 5.05. The van der Waals surface area contributed by atoms with Gasteiger partial charge in [-0.05, 0) is 38.2 Å². The van der Waals surface area contributed by atoms with Crippen LogP contribution in [0.5, 0.6) is 0 Å². The number of likely N-dealkylation sites (N-methyl/N-ethyl adjacent to an activating group) is 1. The fraction of sp³-hybridized carbons (Fsp3) is 0.556. The second kappa shape index (κ2) is 6.21. The summed E-state index contributed by atoms with van der Waals surface area (Å²) in [5.74, 6) is 0.224. The molecule has 2 aliphatic rings. The van der Waals surface area contributed by atoms with Crippen LogP contribution in [0.1, 0.15) is 48.5 Å². The van der Waals surface area contributed by atoms with Gasteiger partial charge in [0.15, 0.2) is 5.78 Å². The van der Waals surface area contributed by atoms with Crippen molar-refractivity contribution in [3.05, 3.63) is 35.4 Å². The van der Waals surface area contributed by atoms with E-state index in [0.717, 1.165) is 18.4 Å². The molecule has 4 nitrogen and oxygen atoms in total. The number of carbonyl (C=O) groups is 2. The van der Waals surface area contributed by atoms with Gasteiger partial charge < -0.3 is 10.2 Å². The normalized spacial score (nSPS) is 26.7. The summed E-state index contributed by atoms with van der Waals surface area (Å²) in [5, 5.41) is 3.61. The predicted octanol–water partition coefficient (Wildman–Crippen LogP) is 2.17. The Labute approximate surface area is 131 Å². The van der Waals surface area contributed by atoms with E-state index in [4.69, 9.17) is 0 Å². The van der Waals surface area contributed by atoms with Crippen LogP contribution < -0.4 is 5.32 Å². The van der Waals surface area contributed by atoms with E-state index in [1.165, 1.54) is 12.8 Å². The Hall–Kier alpha value is -1.68. The first-order chi connectivity index (χ1) is 10.5. The molecule has 2 aliphatic heterocycles. The third kappa shape index (κ3) is 3.22. The molecule has 118 valence electrons. The van der Waals surface area contributed by atoms with E-state index in [1.54, 1.807) is 19.1 Å². The maximum absolute atomic E-state index is 12.5. The van der Waals surface area contributed by atoms with Gasteiger partial charge in [0.25, 0.3) is 0 Å². The van der Waals surface area contributed by atoms with Crippen LogP contribution in [0, 0.1) is 0 Å². The number of nitrogens with one attached hydrogen (secondary N) is 1. The fourth-order valence-corrected chi connectivity index (χ4v) is 3.70. The van der Waals surface area contributed by atoms with Gasteiger partial charge in [0.2, 0.25) is 5.91 Å². The topological polar surface area (TPSA) is 49.4 Å². The van der Waals surface area contributed by atoms with Crippen molar-refractivity contribution in [2.45, 2.75) is 57.2 Å². The second-order valence-corrected chi connectivity index (χ2v) is 6.70. The molecule has 22 heavy (non-hydrogen) atoms. The summed E-state index contributed by atoms with van der Waals surface area (Å²) < 4.78 is 0. The number of nitrogens with zero attached hydrogens (tertiary/aromatic N) is 1. The Morgan fingerprint density at radius 2 is 1.73 bits per heavy atom. The Balaban J connectivity index is 1.60. The summed E-state index contributed by atoms with van der Waals surface area (Å²) in [7, 11) is 1.93. The lowest BCUT2D eigenvalue weighted by molar-refractivity contribution is -0.131. The number of Topliss-reactive ketones (excluding diaryl/α,β-unsaturated/α-hetero) is 1. The molecule has 1 amide bonds. The number of carbonyl (C=O) groups excluding carboxylic acids is 2. The molecule has 0 spiro atoms. The molecule has 2 heterocycles. The Morgan fingerprint density at radius 1 is 1.14 bits per heavy atom. The SMILES string of the molecule is CC(=O)c1ccc(CC(=O)N(C)C2CC3CCC(C2)N3)cc1. The Morgan fingerprint density at radius 3 is 2.27 bits per heavy atom. The van der Waals surface area contributed by atoms with Crippen molar-refractivity contribution in [1.82, 2.24) is 10.2 Å². The number of fused-ring (bicyclic) bond motifs is 2. The van der Waals surface area contributed by atoms with Gasteiger partial charge in [-0.2, -0.15) is 0 Å². The van der Waals surface area contributed by atoms with Crippen LogP contribution >= 0.6 is 0 Å². The highest BCUT2D eigenvalue weighted by molar-refractivity contribution is 5.94. The quantitative estimate of drug-likeness (QED) is 0.867. The second-order valence-electron chi connectivity index (χ2n) is 6.70. The lowest BCUT2D eigenvalue weighted by Crippen LogP contribution is -2.49. The van der Waals surface area contributed by atoms with Crippen molar-refractivity contribution >= 4 is 11.7 Å². The third-order valence-electron chi connectivity index (χ3n) is 5.11. The molecular formula is C18H24N2O2. The van der Waals surface area contributed by atoms with Crippen molar-refractivity contribution in [3.63, 3.8) is 0 Å². The summed E-state index contributed by atoms with van der Waals surface area (Å²) in [5.41, 5.74) is 1.67. The van der Waals surface area contributed by atoms with Crippen LogP contribution in [0.4, 0.5) is 0 Å². The van der Waals surface area contributed by atoms with E-state index >= 15 is 0 Å². The van der Waals surface area contributed by atoms with Gasteiger partial charge >= 0.3 is 0 Å². The molecule has 2 bridgehead atoms. The van der Waals surface area contributed by atoms with Crippen molar-refractivity contribution in [2.24, 2.45) is 0 Å². The first kappa shape index (κ1) is 15.2. The van der Waals surface area contributed by atoms with Crippen LogP contribution in [-0.4, -0.2) is 41.8 Å². The minimum atomic E-state index is 0.0557. The van der Waals surface area contributed by atoms with Gasteiger partial charge in [-0.1, -0.05) is 24.3 Å². The Bertz CT molecular complexity index is 555. The largest absolute Gasteiger partial charge is 0.342 e. The number of amides is 1. The minimum absolute atomic E-state index is 0.0557. The van der Waals surface area contributed by atoms with Crippen LogP contribution in [0.3, 0.4) is 0 Å². The van der Waals surface area contributed by atoms with Crippen LogP contribution in [0.15, 0.2) is 24.3 Å². The summed E-state index contributed by atoms with van der Waals surface area (Å²) in [6, 6.07) is 8.92. The summed E-state index contributed by atoms with van der Waals surface area (Å²) >= 11 is 0. The third-order valence-corrected chi connectivity index (χ3v) is 5.11. The van der Waals surface area contributed by atoms with Gasteiger partial charge in [-0.3, -0.25) is 9.59 Å². The summed E-state index contributed by atoms with van der Waals surface area (Å²) in [4.78, 5) is 25.7. The molecular weight excluding hydrogens is 276 g/mol. The van der Waals surface area contributed by atoms with Crippen LogP contribution in [-0.2, 0) is 11.2 Å². The molecule has 2 saturated heterocycles. The zero-order chi connectivity index (χ0) is 15.7. The van der Waals surface area contributed by atoms with Gasteiger partial charge in [0.05, 0.1) is 6.42 Å². The minimum Gasteiger partial charge on any atom is -0.342 e. The zero-order valence-electron chi connectivity index (χ0n) is 13.3. The Kier molecular flexibility index (Phi) is 4.30. The molecule has 2 unspecified atom stereocenters. The number of piperidine rings is 1. The van der Waals surface area contributed by atoms with E-state index in [0.29, 0.717) is 30.1 Å². The van der Waals surface area contributed by atoms with E-state index in [1.807, 2.05) is 24.1 Å².